The molecule has 0 saturated heterocycles. The van der Waals surface area contributed by atoms with Crippen LogP contribution in [0, 0.1) is 0 Å². The molecule has 0 radical (unpaired) electrons. The molecule has 0 aromatic heterocycles. The Hall–Kier alpha value is -1.06. The van der Waals surface area contributed by atoms with Crippen molar-refractivity contribution in [3.63, 3.8) is 0 Å². The Bertz CT molecular complexity index is 441. The minimum absolute atomic E-state index is 0.558. The SMILES string of the molecule is CCCN(Cc1cc(CNC2CC2)ccc1OC)C(C)C. The van der Waals surface area contributed by atoms with E-state index in [0.717, 1.165) is 31.4 Å². The molecule has 1 N–H and O–H groups in total. The molecule has 1 fully saturated rings. The molecular weight excluding hydrogens is 260 g/mol. The maximum absolute atomic E-state index is 5.55. The summed E-state index contributed by atoms with van der Waals surface area (Å²) in [5.41, 5.74) is 2.66. The molecule has 2 rings (SSSR count). The maximum Gasteiger partial charge on any atom is 0.123 e. The first-order valence-electron chi connectivity index (χ1n) is 8.27. The van der Waals surface area contributed by atoms with Gasteiger partial charge in [0.25, 0.3) is 0 Å². The summed E-state index contributed by atoms with van der Waals surface area (Å²) in [5, 5.41) is 3.58. The molecule has 1 aliphatic carbocycles. The van der Waals surface area contributed by atoms with E-state index in [1.165, 1.54) is 30.4 Å². The Balaban J connectivity index is 2.07. The molecular formula is C18H30N2O. The second-order valence-corrected chi connectivity index (χ2v) is 6.37. The number of hydrogen-bond acceptors (Lipinski definition) is 3. The van der Waals surface area contributed by atoms with Crippen LogP contribution in [-0.2, 0) is 13.1 Å². The number of nitrogens with one attached hydrogen (secondary N) is 1. The Morgan fingerprint density at radius 1 is 1.33 bits per heavy atom. The Morgan fingerprint density at radius 3 is 2.67 bits per heavy atom. The number of hydrogen-bond donors (Lipinski definition) is 1. The molecule has 0 unspecified atom stereocenters. The molecule has 1 aliphatic rings. The normalized spacial score (nSPS) is 15.0. The van der Waals surface area contributed by atoms with Crippen LogP contribution in [0.3, 0.4) is 0 Å². The minimum atomic E-state index is 0.558. The summed E-state index contributed by atoms with van der Waals surface area (Å²) in [5.74, 6) is 1.01. The van der Waals surface area contributed by atoms with E-state index >= 15 is 0 Å². The van der Waals surface area contributed by atoms with Crippen LogP contribution >= 0.6 is 0 Å². The summed E-state index contributed by atoms with van der Waals surface area (Å²) in [6.45, 7) is 9.83. The van der Waals surface area contributed by atoms with Crippen molar-refractivity contribution in [1.29, 1.82) is 0 Å². The van der Waals surface area contributed by atoms with Gasteiger partial charge >= 0.3 is 0 Å². The summed E-state index contributed by atoms with van der Waals surface area (Å²) in [6.07, 6.45) is 3.85. The smallest absolute Gasteiger partial charge is 0.123 e. The van der Waals surface area contributed by atoms with E-state index in [4.69, 9.17) is 4.74 Å². The van der Waals surface area contributed by atoms with Gasteiger partial charge in [-0.05, 0) is 57.4 Å². The third-order valence-electron chi connectivity index (χ3n) is 4.13. The number of ether oxygens (including phenoxy) is 1. The highest BCUT2D eigenvalue weighted by Crippen LogP contribution is 2.24. The zero-order chi connectivity index (χ0) is 15.2. The van der Waals surface area contributed by atoms with Crippen LogP contribution in [0.15, 0.2) is 18.2 Å². The van der Waals surface area contributed by atoms with E-state index in [1.807, 2.05) is 0 Å². The second-order valence-electron chi connectivity index (χ2n) is 6.37. The highest BCUT2D eigenvalue weighted by molar-refractivity contribution is 5.37. The third-order valence-corrected chi connectivity index (χ3v) is 4.13. The largest absolute Gasteiger partial charge is 0.496 e. The van der Waals surface area contributed by atoms with E-state index in [-0.39, 0.29) is 0 Å². The van der Waals surface area contributed by atoms with Gasteiger partial charge in [0.05, 0.1) is 7.11 Å². The van der Waals surface area contributed by atoms with Crippen LogP contribution in [-0.4, -0.2) is 30.6 Å². The molecule has 0 amide bonds. The van der Waals surface area contributed by atoms with Crippen molar-refractivity contribution in [2.75, 3.05) is 13.7 Å². The van der Waals surface area contributed by atoms with E-state index in [1.54, 1.807) is 7.11 Å². The monoisotopic (exact) mass is 290 g/mol. The van der Waals surface area contributed by atoms with Gasteiger partial charge in [-0.15, -0.1) is 0 Å². The van der Waals surface area contributed by atoms with Gasteiger partial charge in [-0.2, -0.15) is 0 Å². The quantitative estimate of drug-likeness (QED) is 0.752. The van der Waals surface area contributed by atoms with Crippen molar-refractivity contribution < 1.29 is 4.74 Å². The van der Waals surface area contributed by atoms with Crippen LogP contribution in [0.1, 0.15) is 51.2 Å². The van der Waals surface area contributed by atoms with E-state index in [9.17, 15) is 0 Å². The standard InChI is InChI=1S/C18H30N2O/c1-5-10-20(14(2)3)13-16-11-15(6-9-18(16)21-4)12-19-17-7-8-17/h6,9,11,14,17,19H,5,7-8,10,12-13H2,1-4H3. The van der Waals surface area contributed by atoms with Gasteiger partial charge in [0.1, 0.15) is 5.75 Å². The lowest BCUT2D eigenvalue weighted by atomic mass is 10.1. The second kappa shape index (κ2) is 7.81. The van der Waals surface area contributed by atoms with Crippen molar-refractivity contribution in [2.24, 2.45) is 0 Å². The maximum atomic E-state index is 5.55. The first-order chi connectivity index (χ1) is 10.1. The number of methoxy groups -OCH3 is 1. The molecule has 1 aromatic carbocycles. The molecule has 0 bridgehead atoms. The molecule has 0 heterocycles. The first kappa shape index (κ1) is 16.3. The van der Waals surface area contributed by atoms with E-state index < -0.39 is 0 Å². The van der Waals surface area contributed by atoms with Crippen molar-refractivity contribution in [1.82, 2.24) is 10.2 Å². The van der Waals surface area contributed by atoms with Crippen LogP contribution in [0.2, 0.25) is 0 Å². The molecule has 1 saturated carbocycles. The molecule has 1 aromatic rings. The molecule has 0 spiro atoms. The van der Waals surface area contributed by atoms with Gasteiger partial charge in [0, 0.05) is 30.7 Å². The number of nitrogens with zero attached hydrogens (tertiary/aromatic N) is 1. The van der Waals surface area contributed by atoms with Crippen LogP contribution < -0.4 is 10.1 Å². The van der Waals surface area contributed by atoms with Gasteiger partial charge in [0.2, 0.25) is 0 Å². The molecule has 118 valence electrons. The fraction of sp³-hybridized carbons (Fsp3) is 0.667. The van der Waals surface area contributed by atoms with Crippen molar-refractivity contribution >= 4 is 0 Å². The van der Waals surface area contributed by atoms with E-state index in [0.29, 0.717) is 6.04 Å². The van der Waals surface area contributed by atoms with Gasteiger partial charge in [-0.3, -0.25) is 4.90 Å². The van der Waals surface area contributed by atoms with Gasteiger partial charge in [0.15, 0.2) is 0 Å². The lowest BCUT2D eigenvalue weighted by Gasteiger charge is -2.27. The topological polar surface area (TPSA) is 24.5 Å². The highest BCUT2D eigenvalue weighted by atomic mass is 16.5. The van der Waals surface area contributed by atoms with E-state index in [2.05, 4.69) is 49.2 Å². The highest BCUT2D eigenvalue weighted by Gasteiger charge is 2.20. The van der Waals surface area contributed by atoms with Crippen LogP contribution in [0.25, 0.3) is 0 Å². The molecule has 0 aliphatic heterocycles. The fourth-order valence-electron chi connectivity index (χ4n) is 2.64. The van der Waals surface area contributed by atoms with Gasteiger partial charge < -0.3 is 10.1 Å². The Morgan fingerprint density at radius 2 is 2.10 bits per heavy atom. The number of rotatable bonds is 9. The Labute approximate surface area is 129 Å². The third kappa shape index (κ3) is 5.01. The van der Waals surface area contributed by atoms with Crippen molar-refractivity contribution in [3.8, 4) is 5.75 Å². The zero-order valence-corrected chi connectivity index (χ0v) is 14.0. The summed E-state index contributed by atoms with van der Waals surface area (Å²) in [7, 11) is 1.76. The van der Waals surface area contributed by atoms with Crippen molar-refractivity contribution in [2.45, 2.75) is 65.2 Å². The average molecular weight is 290 g/mol. The Kier molecular flexibility index (Phi) is 6.07. The predicted molar refractivity (Wildman–Crippen MR) is 88.7 cm³/mol. The first-order valence-corrected chi connectivity index (χ1v) is 8.27. The van der Waals surface area contributed by atoms with Crippen LogP contribution in [0.4, 0.5) is 0 Å². The van der Waals surface area contributed by atoms with Crippen molar-refractivity contribution in [3.05, 3.63) is 29.3 Å². The molecule has 3 heteroatoms. The molecule has 3 nitrogen and oxygen atoms in total. The summed E-state index contributed by atoms with van der Waals surface area (Å²) in [6, 6.07) is 7.91. The summed E-state index contributed by atoms with van der Waals surface area (Å²) < 4.78 is 5.55. The summed E-state index contributed by atoms with van der Waals surface area (Å²) >= 11 is 0. The van der Waals surface area contributed by atoms with Gasteiger partial charge in [-0.25, -0.2) is 0 Å². The molecule has 0 atom stereocenters. The zero-order valence-electron chi connectivity index (χ0n) is 14.0. The lowest BCUT2D eigenvalue weighted by molar-refractivity contribution is 0.210. The minimum Gasteiger partial charge on any atom is -0.496 e. The lowest BCUT2D eigenvalue weighted by Crippen LogP contribution is -2.31. The fourth-order valence-corrected chi connectivity index (χ4v) is 2.64. The van der Waals surface area contributed by atoms with Crippen LogP contribution in [0.5, 0.6) is 5.75 Å². The predicted octanol–water partition coefficient (Wildman–Crippen LogP) is 3.57. The molecule has 21 heavy (non-hydrogen) atoms. The summed E-state index contributed by atoms with van der Waals surface area (Å²) in [4.78, 5) is 2.51. The number of benzene rings is 1. The average Bonchev–Trinajstić information content (AvgIpc) is 3.29. The van der Waals surface area contributed by atoms with Gasteiger partial charge in [-0.1, -0.05) is 13.0 Å².